The fraction of sp³-hybridized carbons (Fsp3) is 0.280. The summed E-state index contributed by atoms with van der Waals surface area (Å²) in [4.78, 5) is 0. The van der Waals surface area contributed by atoms with E-state index in [1.54, 1.807) is 0 Å². The zero-order valence-electron chi connectivity index (χ0n) is 15.0. The maximum atomic E-state index is 11.1. The lowest BCUT2D eigenvalue weighted by molar-refractivity contribution is 0.415. The third-order valence-electron chi connectivity index (χ3n) is 6.20. The molecule has 3 aromatic carbocycles. The molecule has 0 heterocycles. The average Bonchev–Trinajstić information content (AvgIpc) is 3.06. The van der Waals surface area contributed by atoms with Crippen LogP contribution in [-0.2, 0) is 6.42 Å². The van der Waals surface area contributed by atoms with Gasteiger partial charge < -0.3 is 5.11 Å². The van der Waals surface area contributed by atoms with Gasteiger partial charge in [-0.2, -0.15) is 0 Å². The van der Waals surface area contributed by atoms with Crippen LogP contribution in [-0.4, -0.2) is 5.11 Å². The van der Waals surface area contributed by atoms with Crippen LogP contribution in [0.1, 0.15) is 54.7 Å². The molecule has 1 nitrogen and oxygen atoms in total. The Labute approximate surface area is 155 Å². The van der Waals surface area contributed by atoms with E-state index in [1.165, 1.54) is 71.0 Å². The highest BCUT2D eigenvalue weighted by atomic mass is 16.3. The van der Waals surface area contributed by atoms with E-state index < -0.39 is 0 Å². The molecule has 1 N–H and O–H groups in total. The van der Waals surface area contributed by atoms with Gasteiger partial charge in [-0.25, -0.2) is 0 Å². The predicted octanol–water partition coefficient (Wildman–Crippen LogP) is 6.68. The minimum absolute atomic E-state index is 0.480. The number of fused-ring (bicyclic) bond motifs is 3. The average molecular weight is 340 g/mol. The van der Waals surface area contributed by atoms with Crippen molar-refractivity contribution in [3.63, 3.8) is 0 Å². The lowest BCUT2D eigenvalue weighted by Crippen LogP contribution is -2.08. The van der Waals surface area contributed by atoms with Crippen LogP contribution in [0.2, 0.25) is 0 Å². The molecule has 5 rings (SSSR count). The van der Waals surface area contributed by atoms with Gasteiger partial charge in [0.05, 0.1) is 0 Å². The molecule has 1 heteroatoms. The first-order chi connectivity index (χ1) is 12.8. The van der Waals surface area contributed by atoms with E-state index in [-0.39, 0.29) is 0 Å². The highest BCUT2D eigenvalue weighted by Crippen LogP contribution is 2.50. The summed E-state index contributed by atoms with van der Waals surface area (Å²) in [5, 5.41) is 11.1. The molecule has 0 saturated heterocycles. The molecular formula is C25H24O. The molecule has 0 spiro atoms. The Morgan fingerprint density at radius 1 is 0.769 bits per heavy atom. The minimum atomic E-state index is 0.480. The molecule has 0 aromatic heterocycles. The molecule has 130 valence electrons. The van der Waals surface area contributed by atoms with Gasteiger partial charge in [0.2, 0.25) is 0 Å². The van der Waals surface area contributed by atoms with E-state index in [1.807, 2.05) is 6.07 Å². The highest BCUT2D eigenvalue weighted by Gasteiger charge is 2.29. The molecular weight excluding hydrogens is 316 g/mol. The van der Waals surface area contributed by atoms with Crippen molar-refractivity contribution in [2.75, 3.05) is 0 Å². The highest BCUT2D eigenvalue weighted by molar-refractivity contribution is 5.88. The maximum absolute atomic E-state index is 11.1. The number of benzene rings is 3. The topological polar surface area (TPSA) is 20.2 Å². The molecule has 0 aliphatic heterocycles. The fourth-order valence-electron chi connectivity index (χ4n) is 5.02. The standard InChI is InChI=1S/C25H24O/c26-23-16-21-20-14-8-7-13-19(20)15-22(21)24(17-9-3-1-4-10-17)25(23)18-11-5-2-6-12-18/h1,3-4,7-10,13-14,16,18,26H,2,5-6,11-12,15H2. The van der Waals surface area contributed by atoms with Gasteiger partial charge in [0, 0.05) is 5.56 Å². The molecule has 26 heavy (non-hydrogen) atoms. The summed E-state index contributed by atoms with van der Waals surface area (Å²) < 4.78 is 0. The Bertz CT molecular complexity index is 949. The van der Waals surface area contributed by atoms with Crippen LogP contribution in [0.4, 0.5) is 0 Å². The summed E-state index contributed by atoms with van der Waals surface area (Å²) in [6.07, 6.45) is 7.23. The van der Waals surface area contributed by atoms with Crippen LogP contribution >= 0.6 is 0 Å². The summed E-state index contributed by atoms with van der Waals surface area (Å²) in [5.74, 6) is 0.971. The van der Waals surface area contributed by atoms with E-state index in [0.717, 1.165) is 6.42 Å². The van der Waals surface area contributed by atoms with Crippen LogP contribution in [0.5, 0.6) is 5.75 Å². The van der Waals surface area contributed by atoms with Crippen molar-refractivity contribution in [1.82, 2.24) is 0 Å². The molecule has 1 saturated carbocycles. The second kappa shape index (κ2) is 6.32. The molecule has 0 unspecified atom stereocenters. The van der Waals surface area contributed by atoms with E-state index in [9.17, 15) is 5.11 Å². The quantitative estimate of drug-likeness (QED) is 0.431. The van der Waals surface area contributed by atoms with E-state index in [0.29, 0.717) is 11.7 Å². The molecule has 3 aromatic rings. The predicted molar refractivity (Wildman–Crippen MR) is 108 cm³/mol. The van der Waals surface area contributed by atoms with Gasteiger partial charge in [0.15, 0.2) is 0 Å². The van der Waals surface area contributed by atoms with Crippen molar-refractivity contribution in [2.45, 2.75) is 44.4 Å². The van der Waals surface area contributed by atoms with Crippen LogP contribution in [0.3, 0.4) is 0 Å². The second-order valence-corrected chi connectivity index (χ2v) is 7.75. The summed E-state index contributed by atoms with van der Waals surface area (Å²) in [5.41, 5.74) is 9.01. The molecule has 0 bridgehead atoms. The van der Waals surface area contributed by atoms with Gasteiger partial charge in [-0.05, 0) is 64.6 Å². The fourth-order valence-corrected chi connectivity index (χ4v) is 5.02. The summed E-state index contributed by atoms with van der Waals surface area (Å²) >= 11 is 0. The van der Waals surface area contributed by atoms with E-state index in [4.69, 9.17) is 0 Å². The Hall–Kier alpha value is -2.54. The molecule has 0 atom stereocenters. The summed E-state index contributed by atoms with van der Waals surface area (Å²) in [6.45, 7) is 0. The molecule has 1 fully saturated rings. The molecule has 2 aliphatic carbocycles. The van der Waals surface area contributed by atoms with Crippen molar-refractivity contribution in [2.24, 2.45) is 0 Å². The van der Waals surface area contributed by atoms with Crippen molar-refractivity contribution >= 4 is 0 Å². The number of hydrogen-bond acceptors (Lipinski definition) is 1. The third kappa shape index (κ3) is 2.46. The Morgan fingerprint density at radius 3 is 2.31 bits per heavy atom. The number of hydrogen-bond donors (Lipinski definition) is 1. The van der Waals surface area contributed by atoms with Gasteiger partial charge in [0.1, 0.15) is 5.75 Å². The van der Waals surface area contributed by atoms with Crippen molar-refractivity contribution in [3.8, 4) is 28.0 Å². The van der Waals surface area contributed by atoms with Gasteiger partial charge in [-0.3, -0.25) is 0 Å². The maximum Gasteiger partial charge on any atom is 0.120 e. The number of aromatic hydroxyl groups is 1. The Morgan fingerprint density at radius 2 is 1.50 bits per heavy atom. The zero-order chi connectivity index (χ0) is 17.5. The zero-order valence-corrected chi connectivity index (χ0v) is 15.0. The van der Waals surface area contributed by atoms with Crippen LogP contribution in [0, 0.1) is 0 Å². The van der Waals surface area contributed by atoms with Gasteiger partial charge in [-0.1, -0.05) is 73.9 Å². The molecule has 2 aliphatic rings. The first kappa shape index (κ1) is 15.7. The van der Waals surface area contributed by atoms with Crippen molar-refractivity contribution in [1.29, 1.82) is 0 Å². The number of rotatable bonds is 2. The summed E-state index contributed by atoms with van der Waals surface area (Å²) in [6, 6.07) is 21.4. The number of phenolic OH excluding ortho intramolecular Hbond substituents is 1. The Balaban J connectivity index is 1.77. The van der Waals surface area contributed by atoms with Crippen LogP contribution in [0.25, 0.3) is 22.3 Å². The van der Waals surface area contributed by atoms with Gasteiger partial charge in [0.25, 0.3) is 0 Å². The largest absolute Gasteiger partial charge is 0.508 e. The second-order valence-electron chi connectivity index (χ2n) is 7.75. The van der Waals surface area contributed by atoms with Gasteiger partial charge >= 0.3 is 0 Å². The van der Waals surface area contributed by atoms with Crippen LogP contribution in [0.15, 0.2) is 60.7 Å². The lowest BCUT2D eigenvalue weighted by Gasteiger charge is -2.27. The van der Waals surface area contributed by atoms with E-state index >= 15 is 0 Å². The molecule has 0 amide bonds. The van der Waals surface area contributed by atoms with Crippen molar-refractivity contribution in [3.05, 3.63) is 77.4 Å². The van der Waals surface area contributed by atoms with Crippen molar-refractivity contribution < 1.29 is 5.11 Å². The Kier molecular flexibility index (Phi) is 3.81. The van der Waals surface area contributed by atoms with E-state index in [2.05, 4.69) is 54.6 Å². The first-order valence-corrected chi connectivity index (χ1v) is 9.85. The molecule has 0 radical (unpaired) electrons. The van der Waals surface area contributed by atoms with Gasteiger partial charge in [-0.15, -0.1) is 0 Å². The smallest absolute Gasteiger partial charge is 0.120 e. The SMILES string of the molecule is Oc1cc2c(c(-c3ccccc3)c1C1CCCCC1)Cc1ccccc1-2. The normalized spacial score (nSPS) is 16.3. The monoisotopic (exact) mass is 340 g/mol. The number of phenols is 1. The third-order valence-corrected chi connectivity index (χ3v) is 6.20. The summed E-state index contributed by atoms with van der Waals surface area (Å²) in [7, 11) is 0. The minimum Gasteiger partial charge on any atom is -0.508 e. The van der Waals surface area contributed by atoms with Crippen LogP contribution < -0.4 is 0 Å². The first-order valence-electron chi connectivity index (χ1n) is 9.85. The lowest BCUT2D eigenvalue weighted by atomic mass is 9.78.